The van der Waals surface area contributed by atoms with Crippen molar-refractivity contribution in [3.8, 4) is 11.1 Å². The van der Waals surface area contributed by atoms with Crippen molar-refractivity contribution in [2.24, 2.45) is 0 Å². The highest BCUT2D eigenvalue weighted by molar-refractivity contribution is 5.89. The molecule has 0 fully saturated rings. The van der Waals surface area contributed by atoms with Gasteiger partial charge < -0.3 is 0 Å². The molecular weight excluding hydrogens is 227 g/mol. The van der Waals surface area contributed by atoms with Crippen molar-refractivity contribution < 1.29 is 9.18 Å². The number of halogens is 1. The Hall–Kier alpha value is -1.96. The molecule has 0 aromatic heterocycles. The van der Waals surface area contributed by atoms with Crippen LogP contribution in [0.4, 0.5) is 4.39 Å². The summed E-state index contributed by atoms with van der Waals surface area (Å²) in [5.74, 6) is -0.324. The van der Waals surface area contributed by atoms with Crippen molar-refractivity contribution in [3.63, 3.8) is 0 Å². The summed E-state index contributed by atoms with van der Waals surface area (Å²) in [6, 6.07) is 8.35. The summed E-state index contributed by atoms with van der Waals surface area (Å²) >= 11 is 0. The highest BCUT2D eigenvalue weighted by atomic mass is 19.1. The van der Waals surface area contributed by atoms with Crippen LogP contribution in [-0.4, -0.2) is 6.29 Å². The van der Waals surface area contributed by atoms with Crippen LogP contribution in [0, 0.1) is 26.6 Å². The second-order valence-electron chi connectivity index (χ2n) is 4.62. The van der Waals surface area contributed by atoms with Gasteiger partial charge in [-0.3, -0.25) is 4.79 Å². The van der Waals surface area contributed by atoms with Crippen molar-refractivity contribution in [2.45, 2.75) is 20.8 Å². The van der Waals surface area contributed by atoms with Crippen LogP contribution >= 0.6 is 0 Å². The summed E-state index contributed by atoms with van der Waals surface area (Å²) in [5, 5.41) is 0. The zero-order valence-electron chi connectivity index (χ0n) is 10.8. The van der Waals surface area contributed by atoms with Crippen LogP contribution in [0.15, 0.2) is 30.3 Å². The molecule has 0 spiro atoms. The number of benzene rings is 2. The lowest BCUT2D eigenvalue weighted by Crippen LogP contribution is -1.95. The lowest BCUT2D eigenvalue weighted by atomic mass is 9.91. The predicted octanol–water partition coefficient (Wildman–Crippen LogP) is 4.23. The fourth-order valence-corrected chi connectivity index (χ4v) is 2.45. The van der Waals surface area contributed by atoms with Crippen molar-refractivity contribution in [1.82, 2.24) is 0 Å². The maximum Gasteiger partial charge on any atom is 0.150 e. The second-order valence-corrected chi connectivity index (χ2v) is 4.62. The van der Waals surface area contributed by atoms with Gasteiger partial charge in [-0.1, -0.05) is 17.7 Å². The minimum Gasteiger partial charge on any atom is -0.298 e. The molecule has 18 heavy (non-hydrogen) atoms. The quantitative estimate of drug-likeness (QED) is 0.720. The smallest absolute Gasteiger partial charge is 0.150 e. The van der Waals surface area contributed by atoms with Crippen LogP contribution in [0.3, 0.4) is 0 Å². The number of hydrogen-bond acceptors (Lipinski definition) is 1. The van der Waals surface area contributed by atoms with Gasteiger partial charge in [0.15, 0.2) is 6.29 Å². The molecule has 0 N–H and O–H groups in total. The Bertz CT molecular complexity index is 591. The van der Waals surface area contributed by atoms with Crippen LogP contribution in [-0.2, 0) is 0 Å². The van der Waals surface area contributed by atoms with Crippen molar-refractivity contribution in [3.05, 3.63) is 58.4 Å². The van der Waals surface area contributed by atoms with Crippen LogP contribution in [0.5, 0.6) is 0 Å². The molecule has 0 aliphatic rings. The number of carbonyl (C=O) groups excluding carboxylic acids is 1. The maximum absolute atomic E-state index is 13.4. The molecule has 0 unspecified atom stereocenters. The number of aryl methyl sites for hydroxylation is 3. The first-order valence-corrected chi connectivity index (χ1v) is 5.86. The van der Waals surface area contributed by atoms with Gasteiger partial charge in [-0.25, -0.2) is 4.39 Å². The van der Waals surface area contributed by atoms with Gasteiger partial charge in [-0.05, 0) is 61.2 Å². The minimum absolute atomic E-state index is 0.324. The fourth-order valence-electron chi connectivity index (χ4n) is 2.45. The van der Waals surface area contributed by atoms with Gasteiger partial charge in [-0.2, -0.15) is 0 Å². The Balaban J connectivity index is 2.76. The fraction of sp³-hybridized carbons (Fsp3) is 0.188. The Labute approximate surface area is 106 Å². The van der Waals surface area contributed by atoms with E-state index < -0.39 is 0 Å². The van der Waals surface area contributed by atoms with Gasteiger partial charge in [0.25, 0.3) is 0 Å². The third kappa shape index (κ3) is 2.19. The highest BCUT2D eigenvalue weighted by Crippen LogP contribution is 2.31. The van der Waals surface area contributed by atoms with Crippen LogP contribution in [0.1, 0.15) is 27.0 Å². The van der Waals surface area contributed by atoms with E-state index in [0.29, 0.717) is 11.1 Å². The molecule has 92 valence electrons. The highest BCUT2D eigenvalue weighted by Gasteiger charge is 2.11. The van der Waals surface area contributed by atoms with Gasteiger partial charge in [0.2, 0.25) is 0 Å². The third-order valence-electron chi connectivity index (χ3n) is 3.09. The van der Waals surface area contributed by atoms with E-state index in [-0.39, 0.29) is 5.82 Å². The van der Waals surface area contributed by atoms with Crippen LogP contribution < -0.4 is 0 Å². The summed E-state index contributed by atoms with van der Waals surface area (Å²) in [5.41, 5.74) is 5.41. The molecule has 2 rings (SSSR count). The van der Waals surface area contributed by atoms with E-state index in [1.807, 2.05) is 32.9 Å². The molecule has 0 amide bonds. The molecule has 0 radical (unpaired) electrons. The van der Waals surface area contributed by atoms with Crippen molar-refractivity contribution >= 4 is 6.29 Å². The van der Waals surface area contributed by atoms with E-state index in [9.17, 15) is 9.18 Å². The molecule has 0 aliphatic heterocycles. The first kappa shape index (κ1) is 12.5. The number of hydrogen-bond donors (Lipinski definition) is 0. The van der Waals surface area contributed by atoms with Crippen molar-refractivity contribution in [1.29, 1.82) is 0 Å². The second kappa shape index (κ2) is 4.73. The number of carbonyl (C=O) groups is 1. The number of rotatable bonds is 2. The lowest BCUT2D eigenvalue weighted by Gasteiger charge is -2.13. The average molecular weight is 242 g/mol. The third-order valence-corrected chi connectivity index (χ3v) is 3.09. The Morgan fingerprint density at radius 2 is 1.61 bits per heavy atom. The van der Waals surface area contributed by atoms with Gasteiger partial charge in [0.05, 0.1) is 0 Å². The average Bonchev–Trinajstić information content (AvgIpc) is 2.28. The van der Waals surface area contributed by atoms with E-state index in [0.717, 1.165) is 28.5 Å². The van der Waals surface area contributed by atoms with Gasteiger partial charge in [0, 0.05) is 5.56 Å². The molecule has 0 saturated heterocycles. The summed E-state index contributed by atoms with van der Waals surface area (Å²) in [6.45, 7) is 5.99. The summed E-state index contributed by atoms with van der Waals surface area (Å²) in [4.78, 5) is 11.1. The van der Waals surface area contributed by atoms with E-state index in [4.69, 9.17) is 0 Å². The summed E-state index contributed by atoms with van der Waals surface area (Å²) in [7, 11) is 0. The SMILES string of the molecule is Cc1cc(C)c(-c2cc(F)ccc2C=O)c(C)c1. The molecule has 0 aliphatic carbocycles. The summed E-state index contributed by atoms with van der Waals surface area (Å²) in [6.07, 6.45) is 0.771. The largest absolute Gasteiger partial charge is 0.298 e. The first-order valence-electron chi connectivity index (χ1n) is 5.86. The van der Waals surface area contributed by atoms with Gasteiger partial charge in [0.1, 0.15) is 5.82 Å². The molecule has 2 aromatic carbocycles. The molecule has 0 atom stereocenters. The first-order chi connectivity index (χ1) is 8.52. The molecule has 0 saturated carbocycles. The standard InChI is InChI=1S/C16H15FO/c1-10-6-11(2)16(12(3)7-10)15-8-14(17)5-4-13(15)9-18/h4-9H,1-3H3. The molecule has 2 aromatic rings. The molecule has 0 bridgehead atoms. The molecule has 1 nitrogen and oxygen atoms in total. The van der Waals surface area contributed by atoms with Gasteiger partial charge in [-0.15, -0.1) is 0 Å². The molecular formula is C16H15FO. The maximum atomic E-state index is 13.4. The normalized spacial score (nSPS) is 10.4. The van der Waals surface area contributed by atoms with E-state index in [1.165, 1.54) is 18.2 Å². The van der Waals surface area contributed by atoms with Gasteiger partial charge >= 0.3 is 0 Å². The van der Waals surface area contributed by atoms with E-state index in [2.05, 4.69) is 0 Å². The minimum atomic E-state index is -0.324. The monoisotopic (exact) mass is 242 g/mol. The molecule has 2 heteroatoms. The topological polar surface area (TPSA) is 17.1 Å². The van der Waals surface area contributed by atoms with E-state index >= 15 is 0 Å². The Morgan fingerprint density at radius 1 is 1.00 bits per heavy atom. The predicted molar refractivity (Wildman–Crippen MR) is 71.4 cm³/mol. The Morgan fingerprint density at radius 3 is 2.17 bits per heavy atom. The Kier molecular flexibility index (Phi) is 3.28. The molecule has 0 heterocycles. The van der Waals surface area contributed by atoms with Crippen LogP contribution in [0.25, 0.3) is 11.1 Å². The number of aldehydes is 1. The van der Waals surface area contributed by atoms with Crippen LogP contribution in [0.2, 0.25) is 0 Å². The zero-order valence-corrected chi connectivity index (χ0v) is 10.8. The summed E-state index contributed by atoms with van der Waals surface area (Å²) < 4.78 is 13.4. The lowest BCUT2D eigenvalue weighted by molar-refractivity contribution is 0.112. The van der Waals surface area contributed by atoms with E-state index in [1.54, 1.807) is 0 Å². The van der Waals surface area contributed by atoms with Crippen molar-refractivity contribution in [2.75, 3.05) is 0 Å². The zero-order chi connectivity index (χ0) is 13.3.